The minimum atomic E-state index is -1.56. The number of amides is 1. The van der Waals surface area contributed by atoms with Crippen LogP contribution in [0.1, 0.15) is 380 Å². The largest absolute Gasteiger partial charge is 0.394 e. The third-order valence-corrected chi connectivity index (χ3v) is 17.6. The van der Waals surface area contributed by atoms with Gasteiger partial charge in [0.25, 0.3) is 0 Å². The Morgan fingerprint density at radius 2 is 0.688 bits per heavy atom. The van der Waals surface area contributed by atoms with Gasteiger partial charge in [0, 0.05) is 6.42 Å². The van der Waals surface area contributed by atoms with E-state index in [1.807, 2.05) is 6.08 Å². The summed E-state index contributed by atoms with van der Waals surface area (Å²) >= 11 is 0. The van der Waals surface area contributed by atoms with Gasteiger partial charge in [-0.15, -0.1) is 0 Å². The van der Waals surface area contributed by atoms with E-state index in [4.69, 9.17) is 9.47 Å². The van der Waals surface area contributed by atoms with Crippen LogP contribution < -0.4 is 5.32 Å². The third-order valence-electron chi connectivity index (χ3n) is 17.6. The predicted octanol–water partition coefficient (Wildman–Crippen LogP) is 19.5. The number of carbonyl (C=O) groups excluding carboxylic acids is 1. The zero-order valence-corrected chi connectivity index (χ0v) is 53.4. The van der Waals surface area contributed by atoms with Crippen molar-refractivity contribution in [1.82, 2.24) is 5.32 Å². The Morgan fingerprint density at radius 3 is 0.975 bits per heavy atom. The number of rotatable bonds is 64. The summed E-state index contributed by atoms with van der Waals surface area (Å²) in [5, 5.41) is 54.8. The molecule has 476 valence electrons. The number of aliphatic hydroxyl groups is 5. The summed E-state index contributed by atoms with van der Waals surface area (Å²) in [4.78, 5) is 13.1. The van der Waals surface area contributed by atoms with Gasteiger partial charge >= 0.3 is 0 Å². The fraction of sp³-hybridized carbons (Fsp3) is 0.958. The van der Waals surface area contributed by atoms with Crippen molar-refractivity contribution in [3.8, 4) is 0 Å². The first kappa shape index (κ1) is 76.9. The Hall–Kier alpha value is -1.07. The van der Waals surface area contributed by atoms with Crippen molar-refractivity contribution in [2.24, 2.45) is 0 Å². The van der Waals surface area contributed by atoms with Crippen LogP contribution in [0.2, 0.25) is 0 Å². The van der Waals surface area contributed by atoms with Gasteiger partial charge in [0.2, 0.25) is 5.91 Å². The molecule has 1 aliphatic heterocycles. The van der Waals surface area contributed by atoms with Gasteiger partial charge in [-0.05, 0) is 19.3 Å². The number of carbonyl (C=O) groups is 1. The van der Waals surface area contributed by atoms with Gasteiger partial charge in [-0.1, -0.05) is 366 Å². The topological polar surface area (TPSA) is 149 Å². The Bertz CT molecular complexity index is 1270. The summed E-state index contributed by atoms with van der Waals surface area (Å²) in [6.07, 6.45) is 71.9. The van der Waals surface area contributed by atoms with E-state index in [9.17, 15) is 30.3 Å². The number of hydrogen-bond acceptors (Lipinski definition) is 8. The Morgan fingerprint density at radius 1 is 0.412 bits per heavy atom. The van der Waals surface area contributed by atoms with E-state index in [1.54, 1.807) is 6.08 Å². The van der Waals surface area contributed by atoms with E-state index in [2.05, 4.69) is 19.2 Å². The fourth-order valence-electron chi connectivity index (χ4n) is 12.0. The van der Waals surface area contributed by atoms with Crippen LogP contribution in [0.5, 0.6) is 0 Å². The van der Waals surface area contributed by atoms with Crippen molar-refractivity contribution in [2.75, 3.05) is 13.2 Å². The van der Waals surface area contributed by atoms with E-state index in [1.165, 1.54) is 321 Å². The second-order valence-electron chi connectivity index (χ2n) is 25.4. The molecule has 1 aliphatic rings. The normalized spacial score (nSPS) is 18.4. The molecule has 0 bridgehead atoms. The van der Waals surface area contributed by atoms with Crippen LogP contribution in [0.15, 0.2) is 12.2 Å². The van der Waals surface area contributed by atoms with Gasteiger partial charge in [0.15, 0.2) is 6.29 Å². The van der Waals surface area contributed by atoms with E-state index >= 15 is 0 Å². The molecular formula is C71H139NO8. The minimum absolute atomic E-state index is 0.166. The van der Waals surface area contributed by atoms with Crippen LogP contribution in [-0.4, -0.2) is 87.5 Å². The molecule has 6 N–H and O–H groups in total. The molecule has 1 heterocycles. The van der Waals surface area contributed by atoms with E-state index in [-0.39, 0.29) is 12.5 Å². The third kappa shape index (κ3) is 49.2. The quantitative estimate of drug-likeness (QED) is 0.0261. The van der Waals surface area contributed by atoms with Crippen LogP contribution in [0.3, 0.4) is 0 Å². The maximum atomic E-state index is 13.1. The molecule has 7 atom stereocenters. The summed E-state index contributed by atoms with van der Waals surface area (Å²) in [6, 6.07) is -0.802. The van der Waals surface area contributed by atoms with Crippen molar-refractivity contribution >= 4 is 5.91 Å². The van der Waals surface area contributed by atoms with Crippen LogP contribution in [0, 0.1) is 0 Å². The number of nitrogens with one attached hydrogen (secondary N) is 1. The molecule has 80 heavy (non-hydrogen) atoms. The van der Waals surface area contributed by atoms with E-state index in [0.717, 1.165) is 38.5 Å². The highest BCUT2D eigenvalue weighted by Crippen LogP contribution is 2.24. The molecule has 0 spiro atoms. The lowest BCUT2D eigenvalue weighted by atomic mass is 9.99. The summed E-state index contributed by atoms with van der Waals surface area (Å²) in [5.41, 5.74) is 0. The van der Waals surface area contributed by atoms with Crippen molar-refractivity contribution in [3.05, 3.63) is 12.2 Å². The molecule has 1 saturated heterocycles. The van der Waals surface area contributed by atoms with Gasteiger partial charge in [0.05, 0.1) is 25.4 Å². The van der Waals surface area contributed by atoms with Gasteiger partial charge in [-0.2, -0.15) is 0 Å². The minimum Gasteiger partial charge on any atom is -0.394 e. The highest BCUT2D eigenvalue weighted by molar-refractivity contribution is 5.76. The molecule has 0 aromatic rings. The SMILES string of the molecule is CCCCCCCCCCCCCCCCCCCCCCCCCCCCC/C=C/C(O)C(COC1OC(CO)C(O)C(O)C1O)NC(=O)CCCCCCCCCCCCCCCCCCCCCCCCCCCCCC. The molecule has 0 aromatic heterocycles. The maximum absolute atomic E-state index is 13.1. The predicted molar refractivity (Wildman–Crippen MR) is 341 cm³/mol. The van der Waals surface area contributed by atoms with Gasteiger partial charge in [0.1, 0.15) is 24.4 Å². The number of ether oxygens (including phenoxy) is 2. The molecule has 0 aromatic carbocycles. The number of allylic oxidation sites excluding steroid dienone is 1. The van der Waals surface area contributed by atoms with Gasteiger partial charge in [-0.3, -0.25) is 4.79 Å². The molecule has 7 unspecified atom stereocenters. The first-order chi connectivity index (χ1) is 39.3. The monoisotopic (exact) mass is 1130 g/mol. The average Bonchev–Trinajstić information content (AvgIpc) is 3.46. The van der Waals surface area contributed by atoms with Crippen molar-refractivity contribution < 1.29 is 39.8 Å². The average molecular weight is 1130 g/mol. The van der Waals surface area contributed by atoms with Crippen molar-refractivity contribution in [2.45, 2.75) is 423 Å². The zero-order chi connectivity index (χ0) is 57.9. The van der Waals surface area contributed by atoms with Crippen molar-refractivity contribution in [3.63, 3.8) is 0 Å². The van der Waals surface area contributed by atoms with Crippen LogP contribution in [-0.2, 0) is 14.3 Å². The first-order valence-electron chi connectivity index (χ1n) is 35.9. The van der Waals surface area contributed by atoms with Crippen LogP contribution in [0.25, 0.3) is 0 Å². The molecule has 0 aliphatic carbocycles. The maximum Gasteiger partial charge on any atom is 0.220 e. The smallest absolute Gasteiger partial charge is 0.220 e. The lowest BCUT2D eigenvalue weighted by molar-refractivity contribution is -0.302. The van der Waals surface area contributed by atoms with E-state index in [0.29, 0.717) is 6.42 Å². The number of unbranched alkanes of at least 4 members (excludes halogenated alkanes) is 54. The second-order valence-corrected chi connectivity index (χ2v) is 25.4. The lowest BCUT2D eigenvalue weighted by Crippen LogP contribution is -2.60. The molecule has 0 radical (unpaired) electrons. The summed E-state index contributed by atoms with van der Waals surface area (Å²) in [6.45, 7) is 3.85. The van der Waals surface area contributed by atoms with E-state index < -0.39 is 49.5 Å². The van der Waals surface area contributed by atoms with Crippen molar-refractivity contribution in [1.29, 1.82) is 0 Å². The fourth-order valence-corrected chi connectivity index (χ4v) is 12.0. The molecule has 1 rings (SSSR count). The first-order valence-corrected chi connectivity index (χ1v) is 35.9. The molecule has 9 heteroatoms. The molecule has 0 saturated carbocycles. The number of aliphatic hydroxyl groups excluding tert-OH is 5. The van der Waals surface area contributed by atoms with Gasteiger partial charge in [-0.25, -0.2) is 0 Å². The second kappa shape index (κ2) is 61.0. The van der Waals surface area contributed by atoms with Crippen LogP contribution in [0.4, 0.5) is 0 Å². The Balaban J connectivity index is 2.11. The molecule has 1 amide bonds. The molecule has 1 fully saturated rings. The Kier molecular flexibility index (Phi) is 58.7. The molecule has 9 nitrogen and oxygen atoms in total. The summed E-state index contributed by atoms with van der Waals surface area (Å²) in [5.74, 6) is -0.166. The van der Waals surface area contributed by atoms with Gasteiger partial charge < -0.3 is 40.3 Å². The number of hydrogen-bond donors (Lipinski definition) is 6. The highest BCUT2D eigenvalue weighted by Gasteiger charge is 2.44. The lowest BCUT2D eigenvalue weighted by Gasteiger charge is -2.40. The Labute approximate surface area is 496 Å². The standard InChI is InChI=1S/C71H139NO8/c1-3-5-7-9-11-13-15-17-19-21-23-25-27-29-31-33-34-36-38-40-42-44-46-48-50-52-54-56-58-60-65(74)64(63-79-71-70(78)69(77)68(76)66(62-73)80-71)72-67(75)61-59-57-55-53-51-49-47-45-43-41-39-37-35-32-30-28-26-24-22-20-18-16-14-12-10-8-6-4-2/h58,60,64-66,68-71,73-74,76-78H,3-57,59,61-63H2,1-2H3,(H,72,75)/b60-58+. The van der Waals surface area contributed by atoms with Crippen LogP contribution >= 0.6 is 0 Å². The molecular weight excluding hydrogens is 995 g/mol. The zero-order valence-electron chi connectivity index (χ0n) is 53.4. The summed E-state index contributed by atoms with van der Waals surface area (Å²) in [7, 11) is 0. The highest BCUT2D eigenvalue weighted by atomic mass is 16.7. The summed E-state index contributed by atoms with van der Waals surface area (Å²) < 4.78 is 11.3.